The maximum absolute atomic E-state index is 12.7. The van der Waals surface area contributed by atoms with Gasteiger partial charge < -0.3 is 24.6 Å². The Labute approximate surface area is 181 Å². The number of amides is 2. The molecule has 2 heterocycles. The number of methoxy groups -OCH3 is 2. The summed E-state index contributed by atoms with van der Waals surface area (Å²) in [6.07, 6.45) is 1.58. The van der Waals surface area contributed by atoms with Crippen molar-refractivity contribution in [3.63, 3.8) is 0 Å². The van der Waals surface area contributed by atoms with Gasteiger partial charge in [-0.25, -0.2) is 14.8 Å². The van der Waals surface area contributed by atoms with Crippen LogP contribution in [-0.4, -0.2) is 61.3 Å². The van der Waals surface area contributed by atoms with Crippen molar-refractivity contribution < 1.29 is 14.3 Å². The molecule has 4 rings (SSSR count). The minimum atomic E-state index is -0.134. The molecule has 2 aromatic carbocycles. The second-order valence-corrected chi connectivity index (χ2v) is 7.09. The zero-order valence-electron chi connectivity index (χ0n) is 17.6. The molecule has 1 aromatic heterocycles. The number of urea groups is 1. The fraction of sp³-hybridized carbons (Fsp3) is 0.261. The first-order valence-corrected chi connectivity index (χ1v) is 10.1. The Morgan fingerprint density at radius 1 is 0.935 bits per heavy atom. The smallest absolute Gasteiger partial charge is 0.322 e. The Balaban J connectivity index is 1.39. The van der Waals surface area contributed by atoms with Gasteiger partial charge in [0.1, 0.15) is 23.6 Å². The molecule has 0 unspecified atom stereocenters. The highest BCUT2D eigenvalue weighted by molar-refractivity contribution is 5.91. The first-order valence-electron chi connectivity index (χ1n) is 10.1. The summed E-state index contributed by atoms with van der Waals surface area (Å²) in [6.45, 7) is 2.59. The van der Waals surface area contributed by atoms with Gasteiger partial charge in [-0.15, -0.1) is 0 Å². The van der Waals surface area contributed by atoms with Crippen LogP contribution < -0.4 is 19.7 Å². The highest BCUT2D eigenvalue weighted by atomic mass is 16.5. The number of benzene rings is 2. The topological polar surface area (TPSA) is 79.8 Å². The Kier molecular flexibility index (Phi) is 6.16. The van der Waals surface area contributed by atoms with Crippen molar-refractivity contribution in [3.05, 3.63) is 60.9 Å². The maximum Gasteiger partial charge on any atom is 0.322 e. The largest absolute Gasteiger partial charge is 0.497 e. The number of hydrogen-bond donors (Lipinski definition) is 1. The molecule has 0 aliphatic carbocycles. The van der Waals surface area contributed by atoms with Gasteiger partial charge >= 0.3 is 6.03 Å². The maximum atomic E-state index is 12.7. The van der Waals surface area contributed by atoms with Crippen molar-refractivity contribution in [1.29, 1.82) is 0 Å². The van der Waals surface area contributed by atoms with E-state index < -0.39 is 0 Å². The number of para-hydroxylation sites is 2. The predicted octanol–water partition coefficient (Wildman–Crippen LogP) is 3.51. The number of carbonyl (C=O) groups excluding carboxylic acids is 1. The number of rotatable bonds is 5. The van der Waals surface area contributed by atoms with E-state index in [1.165, 1.54) is 0 Å². The number of carbonyl (C=O) groups is 1. The molecular formula is C23H25N5O3. The number of hydrogen-bond acceptors (Lipinski definition) is 6. The lowest BCUT2D eigenvalue weighted by atomic mass is 10.1. The summed E-state index contributed by atoms with van der Waals surface area (Å²) in [5.74, 6) is 2.30. The molecule has 1 N–H and O–H groups in total. The van der Waals surface area contributed by atoms with Crippen LogP contribution in [0.3, 0.4) is 0 Å². The number of anilines is 2. The van der Waals surface area contributed by atoms with E-state index in [1.54, 1.807) is 25.4 Å². The molecule has 1 fully saturated rings. The van der Waals surface area contributed by atoms with Crippen LogP contribution in [-0.2, 0) is 0 Å². The fourth-order valence-corrected chi connectivity index (χ4v) is 3.52. The molecule has 160 valence electrons. The average molecular weight is 419 g/mol. The number of ether oxygens (including phenoxy) is 2. The summed E-state index contributed by atoms with van der Waals surface area (Å²) in [5, 5.41) is 2.93. The molecule has 0 radical (unpaired) electrons. The summed E-state index contributed by atoms with van der Waals surface area (Å²) in [5.41, 5.74) is 2.51. The molecule has 1 saturated heterocycles. The van der Waals surface area contributed by atoms with E-state index in [1.807, 2.05) is 54.6 Å². The molecular weight excluding hydrogens is 394 g/mol. The van der Waals surface area contributed by atoms with Crippen molar-refractivity contribution >= 4 is 17.5 Å². The quantitative estimate of drug-likeness (QED) is 0.682. The van der Waals surface area contributed by atoms with Gasteiger partial charge in [-0.05, 0) is 36.4 Å². The Morgan fingerprint density at radius 3 is 2.39 bits per heavy atom. The summed E-state index contributed by atoms with van der Waals surface area (Å²) in [4.78, 5) is 25.5. The van der Waals surface area contributed by atoms with E-state index in [9.17, 15) is 4.79 Å². The highest BCUT2D eigenvalue weighted by Crippen LogP contribution is 2.25. The first-order chi connectivity index (χ1) is 15.2. The molecule has 2 amide bonds. The fourth-order valence-electron chi connectivity index (χ4n) is 3.52. The molecule has 8 heteroatoms. The molecule has 31 heavy (non-hydrogen) atoms. The molecule has 0 bridgehead atoms. The van der Waals surface area contributed by atoms with Crippen LogP contribution in [0.15, 0.2) is 60.9 Å². The number of nitrogens with zero attached hydrogens (tertiary/aromatic N) is 4. The molecule has 1 aliphatic rings. The number of aromatic nitrogens is 2. The van der Waals surface area contributed by atoms with Gasteiger partial charge in [0.25, 0.3) is 0 Å². The van der Waals surface area contributed by atoms with E-state index in [4.69, 9.17) is 9.47 Å². The molecule has 0 saturated carbocycles. The predicted molar refractivity (Wildman–Crippen MR) is 120 cm³/mol. The minimum absolute atomic E-state index is 0.134. The Morgan fingerprint density at radius 2 is 1.68 bits per heavy atom. The third kappa shape index (κ3) is 4.69. The third-order valence-corrected chi connectivity index (χ3v) is 5.28. The standard InChI is InChI=1S/C23H25N5O3/c1-30-18-9-7-17(8-10-18)20-15-22(25-16-24-20)27-11-13-28(14-12-27)23(29)26-19-5-3-4-6-21(19)31-2/h3-10,15-16H,11-14H2,1-2H3,(H,26,29). The molecule has 8 nitrogen and oxygen atoms in total. The van der Waals surface area contributed by atoms with E-state index in [0.29, 0.717) is 37.6 Å². The molecule has 3 aromatic rings. The van der Waals surface area contributed by atoms with Crippen LogP contribution >= 0.6 is 0 Å². The molecule has 1 aliphatic heterocycles. The second kappa shape index (κ2) is 9.34. The average Bonchev–Trinajstić information content (AvgIpc) is 2.84. The summed E-state index contributed by atoms with van der Waals surface area (Å²) in [7, 11) is 3.24. The lowest BCUT2D eigenvalue weighted by Gasteiger charge is -2.35. The summed E-state index contributed by atoms with van der Waals surface area (Å²) < 4.78 is 10.5. The number of piperazine rings is 1. The van der Waals surface area contributed by atoms with Gasteiger partial charge in [0.15, 0.2) is 0 Å². The highest BCUT2D eigenvalue weighted by Gasteiger charge is 2.23. The van der Waals surface area contributed by atoms with Crippen LogP contribution in [0.1, 0.15) is 0 Å². The van der Waals surface area contributed by atoms with Gasteiger partial charge in [0.2, 0.25) is 0 Å². The van der Waals surface area contributed by atoms with Crippen LogP contribution in [0.5, 0.6) is 11.5 Å². The van der Waals surface area contributed by atoms with Crippen molar-refractivity contribution in [2.45, 2.75) is 0 Å². The van der Waals surface area contributed by atoms with Gasteiger partial charge in [0.05, 0.1) is 25.6 Å². The monoisotopic (exact) mass is 419 g/mol. The zero-order valence-corrected chi connectivity index (χ0v) is 17.6. The van der Waals surface area contributed by atoms with E-state index >= 15 is 0 Å². The minimum Gasteiger partial charge on any atom is -0.497 e. The van der Waals surface area contributed by atoms with Gasteiger partial charge in [0, 0.05) is 37.8 Å². The lowest BCUT2D eigenvalue weighted by molar-refractivity contribution is 0.208. The normalized spacial score (nSPS) is 13.6. The third-order valence-electron chi connectivity index (χ3n) is 5.28. The van der Waals surface area contributed by atoms with Crippen molar-refractivity contribution in [1.82, 2.24) is 14.9 Å². The SMILES string of the molecule is COc1ccc(-c2cc(N3CCN(C(=O)Nc4ccccc4OC)CC3)ncn2)cc1. The van der Waals surface area contributed by atoms with Crippen LogP contribution in [0.4, 0.5) is 16.3 Å². The van der Waals surface area contributed by atoms with Crippen LogP contribution in [0.2, 0.25) is 0 Å². The lowest BCUT2D eigenvalue weighted by Crippen LogP contribution is -2.50. The van der Waals surface area contributed by atoms with Crippen molar-refractivity contribution in [2.24, 2.45) is 0 Å². The summed E-state index contributed by atoms with van der Waals surface area (Å²) >= 11 is 0. The van der Waals surface area contributed by atoms with Crippen LogP contribution in [0.25, 0.3) is 11.3 Å². The van der Waals surface area contributed by atoms with Crippen molar-refractivity contribution in [3.8, 4) is 22.8 Å². The molecule has 0 spiro atoms. The Hall–Kier alpha value is -3.81. The van der Waals surface area contributed by atoms with Gasteiger partial charge in [-0.1, -0.05) is 12.1 Å². The van der Waals surface area contributed by atoms with Gasteiger partial charge in [-0.2, -0.15) is 0 Å². The summed E-state index contributed by atoms with van der Waals surface area (Å²) in [6, 6.07) is 17.0. The van der Waals surface area contributed by atoms with Crippen molar-refractivity contribution in [2.75, 3.05) is 50.6 Å². The van der Waals surface area contributed by atoms with E-state index in [-0.39, 0.29) is 6.03 Å². The zero-order chi connectivity index (χ0) is 21.6. The van der Waals surface area contributed by atoms with Crippen LogP contribution in [0, 0.1) is 0 Å². The first kappa shape index (κ1) is 20.5. The van der Waals surface area contributed by atoms with E-state index in [0.717, 1.165) is 22.8 Å². The second-order valence-electron chi connectivity index (χ2n) is 7.09. The molecule has 0 atom stereocenters. The Bertz CT molecular complexity index is 1030. The van der Waals surface area contributed by atoms with E-state index in [2.05, 4.69) is 20.2 Å². The van der Waals surface area contributed by atoms with Gasteiger partial charge in [-0.3, -0.25) is 0 Å². The number of nitrogens with one attached hydrogen (secondary N) is 1.